The van der Waals surface area contributed by atoms with Gasteiger partial charge in [0.2, 0.25) is 0 Å². The molecule has 1 aromatic carbocycles. The molecule has 3 atom stereocenters. The summed E-state index contributed by atoms with van der Waals surface area (Å²) in [5.41, 5.74) is 6.67. The number of piperidine rings is 2. The molecule has 194 valence electrons. The van der Waals surface area contributed by atoms with Crippen molar-refractivity contribution < 1.29 is 5.02 Å². The summed E-state index contributed by atoms with van der Waals surface area (Å²) in [6.07, 6.45) is 10.8. The maximum Gasteiger partial charge on any atom is 0.376 e. The number of rotatable bonds is 4. The minimum Gasteiger partial charge on any atom is -0.437 e. The van der Waals surface area contributed by atoms with Crippen LogP contribution in [-0.2, 0) is 7.05 Å². The first-order chi connectivity index (χ1) is 17.9. The Morgan fingerprint density at radius 3 is 2.41 bits per heavy atom. The van der Waals surface area contributed by atoms with Gasteiger partial charge in [-0.3, -0.25) is 4.68 Å². The largest absolute Gasteiger partial charge is 0.437 e. The van der Waals surface area contributed by atoms with Crippen LogP contribution >= 0.6 is 0 Å². The number of benzene rings is 1. The first-order valence-electron chi connectivity index (χ1n) is 13.8. The second kappa shape index (κ2) is 9.76. The van der Waals surface area contributed by atoms with Crippen LogP contribution in [0.5, 0.6) is 0 Å². The Balaban J connectivity index is 1.31. The molecule has 6 rings (SSSR count). The van der Waals surface area contributed by atoms with Crippen LogP contribution in [0, 0.1) is 6.92 Å². The molecule has 5 heterocycles. The van der Waals surface area contributed by atoms with E-state index in [1.54, 1.807) is 0 Å². The van der Waals surface area contributed by atoms with E-state index in [1.165, 1.54) is 30.5 Å². The Morgan fingerprint density at radius 2 is 1.73 bits per heavy atom. The van der Waals surface area contributed by atoms with Crippen molar-refractivity contribution in [2.24, 2.45) is 7.05 Å². The van der Waals surface area contributed by atoms with Gasteiger partial charge in [-0.2, -0.15) is 5.10 Å². The summed E-state index contributed by atoms with van der Waals surface area (Å²) in [5.74, 6) is 1.02. The van der Waals surface area contributed by atoms with Gasteiger partial charge in [0.05, 0.1) is 17.6 Å². The predicted molar refractivity (Wildman–Crippen MR) is 150 cm³/mol. The molecule has 3 aliphatic heterocycles. The highest BCUT2D eigenvalue weighted by atomic mass is 16.2. The van der Waals surface area contributed by atoms with Crippen molar-refractivity contribution in [3.63, 3.8) is 0 Å². The van der Waals surface area contributed by atoms with Gasteiger partial charge in [0.15, 0.2) is 5.82 Å². The van der Waals surface area contributed by atoms with Crippen molar-refractivity contribution in [1.29, 1.82) is 0 Å². The average molecular weight is 499 g/mol. The van der Waals surface area contributed by atoms with Crippen LogP contribution in [0.15, 0.2) is 36.7 Å². The van der Waals surface area contributed by atoms with Crippen molar-refractivity contribution in [3.05, 3.63) is 42.2 Å². The normalized spacial score (nSPS) is 24.1. The van der Waals surface area contributed by atoms with E-state index in [1.807, 2.05) is 30.9 Å². The number of anilines is 2. The van der Waals surface area contributed by atoms with E-state index in [-0.39, 0.29) is 7.05 Å². The van der Waals surface area contributed by atoms with Gasteiger partial charge in [-0.1, -0.05) is 24.6 Å². The molecular formula is C28H38BN7O. The van der Waals surface area contributed by atoms with Crippen LogP contribution in [0.3, 0.4) is 0 Å². The minimum absolute atomic E-state index is 0.367. The summed E-state index contributed by atoms with van der Waals surface area (Å²) in [6.45, 7) is 6.09. The zero-order valence-electron chi connectivity index (χ0n) is 22.5. The highest BCUT2D eigenvalue weighted by molar-refractivity contribution is 6.45. The molecule has 0 saturated carbocycles. The van der Waals surface area contributed by atoms with Gasteiger partial charge < -0.3 is 19.6 Å². The third kappa shape index (κ3) is 4.52. The predicted octanol–water partition coefficient (Wildman–Crippen LogP) is 3.99. The molecule has 8 nitrogen and oxygen atoms in total. The van der Waals surface area contributed by atoms with E-state index < -0.39 is 0 Å². The molecule has 3 aliphatic rings. The lowest BCUT2D eigenvalue weighted by atomic mass is 9.70. The molecule has 2 fully saturated rings. The standard InChI is InChI=1S/C28H38BN7O/c1-19-13-20(21-17-30-34(4)18-21)9-10-25(19)26-16-27-28(32-31-26)35(12-6-11-33(27)3)24-14-22-7-5-8-23(15-24)36(22)29(2)37/h9-10,13,16-18,22-24,37H,5-8,11-12,14-15H2,1-4H3/t22-,23?,24?/m0/s1. The highest BCUT2D eigenvalue weighted by Crippen LogP contribution is 2.41. The number of fused-ring (bicyclic) bond motifs is 3. The Hall–Kier alpha value is -2.91. The third-order valence-electron chi connectivity index (χ3n) is 8.75. The van der Waals surface area contributed by atoms with Crippen LogP contribution in [0.25, 0.3) is 22.4 Å². The molecule has 0 aliphatic carbocycles. The molecule has 37 heavy (non-hydrogen) atoms. The summed E-state index contributed by atoms with van der Waals surface area (Å²) < 4.78 is 1.83. The van der Waals surface area contributed by atoms with Crippen LogP contribution in [-0.4, -0.2) is 75.1 Å². The van der Waals surface area contributed by atoms with E-state index in [0.717, 1.165) is 60.6 Å². The highest BCUT2D eigenvalue weighted by Gasteiger charge is 2.43. The molecule has 0 radical (unpaired) electrons. The fourth-order valence-electron chi connectivity index (χ4n) is 7.01. The maximum atomic E-state index is 10.4. The lowest BCUT2D eigenvalue weighted by molar-refractivity contribution is 0.0896. The first kappa shape index (κ1) is 24.4. The second-order valence-corrected chi connectivity index (χ2v) is 11.3. The van der Waals surface area contributed by atoms with Crippen molar-refractivity contribution >= 4 is 18.6 Å². The molecule has 2 aromatic heterocycles. The van der Waals surface area contributed by atoms with Crippen molar-refractivity contribution in [2.45, 2.75) is 70.4 Å². The molecule has 0 amide bonds. The lowest BCUT2D eigenvalue weighted by Crippen LogP contribution is -2.61. The summed E-state index contributed by atoms with van der Waals surface area (Å²) in [7, 11) is 3.75. The SMILES string of the molecule is CB(O)N1C2CCC[C@H]1CC(N1CCCN(C)c3cc(-c4ccc(-c5cnn(C)c5)cc4C)nnc31)C2. The fourth-order valence-corrected chi connectivity index (χ4v) is 7.01. The molecule has 9 heteroatoms. The van der Waals surface area contributed by atoms with Gasteiger partial charge in [-0.25, -0.2) is 0 Å². The Morgan fingerprint density at radius 1 is 0.946 bits per heavy atom. The first-order valence-corrected chi connectivity index (χ1v) is 13.8. The summed E-state index contributed by atoms with van der Waals surface area (Å²) in [6, 6.07) is 10.1. The number of hydrogen-bond donors (Lipinski definition) is 1. The van der Waals surface area contributed by atoms with Crippen molar-refractivity contribution in [2.75, 3.05) is 29.9 Å². The monoisotopic (exact) mass is 499 g/mol. The Labute approximate surface area is 220 Å². The lowest BCUT2D eigenvalue weighted by Gasteiger charge is -2.52. The zero-order valence-corrected chi connectivity index (χ0v) is 22.5. The molecule has 2 unspecified atom stereocenters. The maximum absolute atomic E-state index is 10.4. The van der Waals surface area contributed by atoms with Gasteiger partial charge in [0.1, 0.15) is 0 Å². The fraction of sp³-hybridized carbons (Fsp3) is 0.536. The molecule has 1 N–H and O–H groups in total. The van der Waals surface area contributed by atoms with E-state index in [0.29, 0.717) is 18.1 Å². The van der Waals surface area contributed by atoms with E-state index in [4.69, 9.17) is 10.2 Å². The van der Waals surface area contributed by atoms with Crippen molar-refractivity contribution in [1.82, 2.24) is 24.8 Å². The van der Waals surface area contributed by atoms with E-state index in [9.17, 15) is 5.02 Å². The quantitative estimate of drug-likeness (QED) is 0.544. The zero-order chi connectivity index (χ0) is 25.7. The van der Waals surface area contributed by atoms with E-state index in [2.05, 4.69) is 57.9 Å². The Kier molecular flexibility index (Phi) is 6.45. The van der Waals surface area contributed by atoms with Crippen LogP contribution in [0.4, 0.5) is 11.5 Å². The molecule has 2 saturated heterocycles. The minimum atomic E-state index is -0.367. The number of aryl methyl sites for hydroxylation is 2. The third-order valence-corrected chi connectivity index (χ3v) is 8.75. The van der Waals surface area contributed by atoms with E-state index >= 15 is 0 Å². The average Bonchev–Trinajstić information content (AvgIpc) is 3.24. The van der Waals surface area contributed by atoms with Crippen LogP contribution < -0.4 is 9.80 Å². The second-order valence-electron chi connectivity index (χ2n) is 11.3. The van der Waals surface area contributed by atoms with Gasteiger partial charge in [0, 0.05) is 62.6 Å². The molecule has 2 bridgehead atoms. The van der Waals surface area contributed by atoms with Gasteiger partial charge in [0.25, 0.3) is 0 Å². The topological polar surface area (TPSA) is 73.6 Å². The Bertz CT molecular complexity index is 1260. The smallest absolute Gasteiger partial charge is 0.376 e. The molecule has 0 spiro atoms. The van der Waals surface area contributed by atoms with Crippen LogP contribution in [0.2, 0.25) is 6.82 Å². The summed E-state index contributed by atoms with van der Waals surface area (Å²) in [4.78, 5) is 7.26. The number of hydrogen-bond acceptors (Lipinski definition) is 7. The number of nitrogens with zero attached hydrogens (tertiary/aromatic N) is 7. The summed E-state index contributed by atoms with van der Waals surface area (Å²) >= 11 is 0. The van der Waals surface area contributed by atoms with Gasteiger partial charge in [-0.15, -0.1) is 10.2 Å². The van der Waals surface area contributed by atoms with Gasteiger partial charge in [-0.05, 0) is 63.0 Å². The molecular weight excluding hydrogens is 461 g/mol. The van der Waals surface area contributed by atoms with Gasteiger partial charge >= 0.3 is 7.05 Å². The summed E-state index contributed by atoms with van der Waals surface area (Å²) in [5, 5.41) is 24.4. The number of aromatic nitrogens is 4. The van der Waals surface area contributed by atoms with Crippen LogP contribution in [0.1, 0.15) is 44.1 Å². The molecule has 3 aromatic rings. The van der Waals surface area contributed by atoms with Crippen molar-refractivity contribution in [3.8, 4) is 22.4 Å².